The van der Waals surface area contributed by atoms with Crippen molar-refractivity contribution < 1.29 is 23.9 Å². The van der Waals surface area contributed by atoms with Crippen LogP contribution in [-0.4, -0.2) is 24.5 Å². The highest BCUT2D eigenvalue weighted by atomic mass is 79.9. The van der Waals surface area contributed by atoms with Gasteiger partial charge in [-0.15, -0.1) is 0 Å². The molecule has 1 saturated heterocycles. The fourth-order valence-electron chi connectivity index (χ4n) is 2.58. The number of halogens is 2. The van der Waals surface area contributed by atoms with E-state index < -0.39 is 17.8 Å². The van der Waals surface area contributed by atoms with Crippen LogP contribution >= 0.6 is 31.9 Å². The van der Waals surface area contributed by atoms with Crippen LogP contribution in [-0.2, 0) is 16.2 Å². The third kappa shape index (κ3) is 5.24. The number of benzene rings is 2. The molecule has 0 radical (unpaired) electrons. The molecule has 29 heavy (non-hydrogen) atoms. The second kappa shape index (κ2) is 9.23. The summed E-state index contributed by atoms with van der Waals surface area (Å²) >= 11 is 6.86. The van der Waals surface area contributed by atoms with Crippen molar-refractivity contribution in [2.45, 2.75) is 13.5 Å². The highest BCUT2D eigenvalue weighted by Gasteiger charge is 2.28. The van der Waals surface area contributed by atoms with E-state index in [1.807, 2.05) is 41.8 Å². The standard InChI is InChI=1S/C20H16Br2N2O5/c1-2-28-16-9-12(7-14-18(25)23-20(27)24-19(14)26)8-15(22)17(16)29-10-11-3-5-13(21)6-4-11/h3-9H,2,10H2,1H3,(H2,23,24,25,26,27). The van der Waals surface area contributed by atoms with Gasteiger partial charge in [0.2, 0.25) is 0 Å². The molecule has 0 unspecified atom stereocenters. The Balaban J connectivity index is 1.88. The maximum absolute atomic E-state index is 11.9. The molecule has 3 rings (SSSR count). The molecule has 1 heterocycles. The van der Waals surface area contributed by atoms with Crippen LogP contribution in [0.1, 0.15) is 18.1 Å². The topological polar surface area (TPSA) is 93.7 Å². The van der Waals surface area contributed by atoms with Crippen molar-refractivity contribution in [1.82, 2.24) is 10.6 Å². The van der Waals surface area contributed by atoms with Crippen molar-refractivity contribution in [2.24, 2.45) is 0 Å². The summed E-state index contributed by atoms with van der Waals surface area (Å²) in [5.41, 5.74) is 1.34. The zero-order valence-electron chi connectivity index (χ0n) is 15.3. The average molecular weight is 524 g/mol. The smallest absolute Gasteiger partial charge is 0.328 e. The van der Waals surface area contributed by atoms with E-state index in [1.54, 1.807) is 12.1 Å². The zero-order chi connectivity index (χ0) is 21.0. The van der Waals surface area contributed by atoms with Crippen molar-refractivity contribution in [2.75, 3.05) is 6.61 Å². The van der Waals surface area contributed by atoms with Gasteiger partial charge in [0.1, 0.15) is 12.2 Å². The molecule has 0 aliphatic carbocycles. The number of ether oxygens (including phenoxy) is 2. The Morgan fingerprint density at radius 2 is 1.62 bits per heavy atom. The summed E-state index contributed by atoms with van der Waals surface area (Å²) in [5, 5.41) is 4.08. The molecule has 2 aromatic rings. The van der Waals surface area contributed by atoms with E-state index >= 15 is 0 Å². The fourth-order valence-corrected chi connectivity index (χ4v) is 3.42. The first-order chi connectivity index (χ1) is 13.9. The van der Waals surface area contributed by atoms with Crippen LogP contribution in [0.4, 0.5) is 4.79 Å². The number of carbonyl (C=O) groups is 3. The van der Waals surface area contributed by atoms with Crippen LogP contribution < -0.4 is 20.1 Å². The van der Waals surface area contributed by atoms with Gasteiger partial charge in [0.05, 0.1) is 11.1 Å². The monoisotopic (exact) mass is 522 g/mol. The van der Waals surface area contributed by atoms with Crippen LogP contribution in [0, 0.1) is 0 Å². The Morgan fingerprint density at radius 1 is 0.966 bits per heavy atom. The van der Waals surface area contributed by atoms with Gasteiger partial charge in [-0.25, -0.2) is 4.79 Å². The number of carbonyl (C=O) groups excluding carboxylic acids is 3. The van der Waals surface area contributed by atoms with Crippen LogP contribution in [0.5, 0.6) is 11.5 Å². The Morgan fingerprint density at radius 3 is 2.24 bits per heavy atom. The summed E-state index contributed by atoms with van der Waals surface area (Å²) in [7, 11) is 0. The Labute approximate surface area is 183 Å². The number of imide groups is 2. The Hall–Kier alpha value is -2.65. The van der Waals surface area contributed by atoms with Gasteiger partial charge >= 0.3 is 6.03 Å². The van der Waals surface area contributed by atoms with Crippen LogP contribution in [0.3, 0.4) is 0 Å². The van der Waals surface area contributed by atoms with Gasteiger partial charge in [0, 0.05) is 4.47 Å². The molecule has 7 nitrogen and oxygen atoms in total. The van der Waals surface area contributed by atoms with Gasteiger partial charge in [-0.3, -0.25) is 20.2 Å². The molecule has 1 aliphatic heterocycles. The van der Waals surface area contributed by atoms with E-state index in [0.29, 0.717) is 34.7 Å². The molecular formula is C20H16Br2N2O5. The molecule has 4 amide bonds. The summed E-state index contributed by atoms with van der Waals surface area (Å²) in [4.78, 5) is 35.1. The van der Waals surface area contributed by atoms with Crippen molar-refractivity contribution >= 4 is 55.8 Å². The number of hydrogen-bond acceptors (Lipinski definition) is 5. The molecule has 1 aliphatic rings. The first-order valence-corrected chi connectivity index (χ1v) is 10.2. The molecular weight excluding hydrogens is 508 g/mol. The molecule has 0 bridgehead atoms. The van der Waals surface area contributed by atoms with Gasteiger partial charge in [-0.05, 0) is 64.3 Å². The van der Waals surface area contributed by atoms with E-state index in [2.05, 4.69) is 31.9 Å². The summed E-state index contributed by atoms with van der Waals surface area (Å²) in [6, 6.07) is 10.3. The minimum absolute atomic E-state index is 0.178. The summed E-state index contributed by atoms with van der Waals surface area (Å²) < 4.78 is 13.2. The number of urea groups is 1. The van der Waals surface area contributed by atoms with Gasteiger partial charge in [0.25, 0.3) is 11.8 Å². The minimum Gasteiger partial charge on any atom is -0.490 e. The molecule has 150 valence electrons. The average Bonchev–Trinajstić information content (AvgIpc) is 2.65. The molecule has 9 heteroatoms. The summed E-state index contributed by atoms with van der Waals surface area (Å²) in [6.45, 7) is 2.57. The zero-order valence-corrected chi connectivity index (χ0v) is 18.4. The van der Waals surface area contributed by atoms with Crippen molar-refractivity contribution in [3.05, 3.63) is 62.0 Å². The number of barbiturate groups is 1. The van der Waals surface area contributed by atoms with Crippen LogP contribution in [0.15, 0.2) is 50.9 Å². The third-order valence-electron chi connectivity index (χ3n) is 3.88. The maximum Gasteiger partial charge on any atom is 0.328 e. The number of rotatable bonds is 6. The van der Waals surface area contributed by atoms with E-state index in [0.717, 1.165) is 10.0 Å². The highest BCUT2D eigenvalue weighted by Crippen LogP contribution is 2.38. The maximum atomic E-state index is 11.9. The molecule has 0 atom stereocenters. The Bertz CT molecular complexity index is 981. The molecule has 0 spiro atoms. The summed E-state index contributed by atoms with van der Waals surface area (Å²) in [5.74, 6) is -0.560. The van der Waals surface area contributed by atoms with E-state index in [4.69, 9.17) is 9.47 Å². The highest BCUT2D eigenvalue weighted by molar-refractivity contribution is 9.10. The fraction of sp³-hybridized carbons (Fsp3) is 0.150. The predicted octanol–water partition coefficient (Wildman–Crippen LogP) is 3.94. The lowest BCUT2D eigenvalue weighted by atomic mass is 10.1. The predicted molar refractivity (Wildman–Crippen MR) is 113 cm³/mol. The molecule has 1 fully saturated rings. The van der Waals surface area contributed by atoms with Crippen molar-refractivity contribution in [3.63, 3.8) is 0 Å². The first-order valence-electron chi connectivity index (χ1n) is 8.59. The second-order valence-electron chi connectivity index (χ2n) is 5.97. The SMILES string of the molecule is CCOc1cc(C=C2C(=O)NC(=O)NC2=O)cc(Br)c1OCc1ccc(Br)cc1. The van der Waals surface area contributed by atoms with Gasteiger partial charge in [-0.1, -0.05) is 28.1 Å². The molecule has 2 aromatic carbocycles. The largest absolute Gasteiger partial charge is 0.490 e. The first kappa shape index (κ1) is 21.1. The van der Waals surface area contributed by atoms with Gasteiger partial charge in [0.15, 0.2) is 11.5 Å². The van der Waals surface area contributed by atoms with Crippen molar-refractivity contribution in [1.29, 1.82) is 0 Å². The summed E-state index contributed by atoms with van der Waals surface area (Å²) in [6.07, 6.45) is 1.38. The van der Waals surface area contributed by atoms with E-state index in [1.165, 1.54) is 6.08 Å². The van der Waals surface area contributed by atoms with Crippen LogP contribution in [0.2, 0.25) is 0 Å². The van der Waals surface area contributed by atoms with Crippen LogP contribution in [0.25, 0.3) is 6.08 Å². The molecule has 0 saturated carbocycles. The van der Waals surface area contributed by atoms with E-state index in [-0.39, 0.29) is 5.57 Å². The molecule has 0 aromatic heterocycles. The number of amides is 4. The number of hydrogen-bond donors (Lipinski definition) is 2. The second-order valence-corrected chi connectivity index (χ2v) is 7.74. The minimum atomic E-state index is -0.843. The van der Waals surface area contributed by atoms with E-state index in [9.17, 15) is 14.4 Å². The van der Waals surface area contributed by atoms with Crippen molar-refractivity contribution in [3.8, 4) is 11.5 Å². The van der Waals surface area contributed by atoms with Gasteiger partial charge in [-0.2, -0.15) is 0 Å². The lowest BCUT2D eigenvalue weighted by Crippen LogP contribution is -2.51. The lowest BCUT2D eigenvalue weighted by Gasteiger charge is -2.16. The normalized spacial score (nSPS) is 13.6. The molecule has 2 N–H and O–H groups in total. The van der Waals surface area contributed by atoms with Gasteiger partial charge < -0.3 is 9.47 Å². The Kier molecular flexibility index (Phi) is 6.71. The lowest BCUT2D eigenvalue weighted by molar-refractivity contribution is -0.123. The third-order valence-corrected chi connectivity index (χ3v) is 5.00. The number of nitrogens with one attached hydrogen (secondary N) is 2. The quantitative estimate of drug-likeness (QED) is 0.442.